The van der Waals surface area contributed by atoms with Gasteiger partial charge in [0.05, 0.1) is 0 Å². The summed E-state index contributed by atoms with van der Waals surface area (Å²) in [7, 11) is 1.84. The van der Waals surface area contributed by atoms with E-state index in [1.807, 2.05) is 7.05 Å². The average molecular weight is 273 g/mol. The van der Waals surface area contributed by atoms with Gasteiger partial charge in [0, 0.05) is 13.6 Å². The van der Waals surface area contributed by atoms with Crippen molar-refractivity contribution in [3.05, 3.63) is 10.8 Å². The molecular weight excluding hydrogens is 256 g/mol. The highest BCUT2D eigenvalue weighted by Gasteiger charge is 2.06. The van der Waals surface area contributed by atoms with Gasteiger partial charge in [-0.25, -0.2) is 9.97 Å². The SMILES string of the molecule is CNc1ncnc(NCCC(C)C)c1Br. The summed E-state index contributed by atoms with van der Waals surface area (Å²) in [5.74, 6) is 2.34. The summed E-state index contributed by atoms with van der Waals surface area (Å²) in [6.07, 6.45) is 2.68. The number of hydrogen-bond donors (Lipinski definition) is 2. The Labute approximate surface area is 99.0 Å². The lowest BCUT2D eigenvalue weighted by atomic mass is 10.1. The van der Waals surface area contributed by atoms with Gasteiger partial charge in [-0.3, -0.25) is 0 Å². The van der Waals surface area contributed by atoms with Crippen molar-refractivity contribution in [3.63, 3.8) is 0 Å². The molecule has 0 aliphatic rings. The lowest BCUT2D eigenvalue weighted by molar-refractivity contribution is 0.606. The summed E-state index contributed by atoms with van der Waals surface area (Å²) in [6, 6.07) is 0. The van der Waals surface area contributed by atoms with Gasteiger partial charge in [-0.2, -0.15) is 0 Å². The zero-order chi connectivity index (χ0) is 11.3. The summed E-state index contributed by atoms with van der Waals surface area (Å²) >= 11 is 3.46. The van der Waals surface area contributed by atoms with Crippen LogP contribution < -0.4 is 10.6 Å². The van der Waals surface area contributed by atoms with E-state index in [1.165, 1.54) is 0 Å². The molecule has 15 heavy (non-hydrogen) atoms. The topological polar surface area (TPSA) is 49.8 Å². The van der Waals surface area contributed by atoms with Gasteiger partial charge in [0.2, 0.25) is 0 Å². The molecule has 0 aliphatic heterocycles. The summed E-state index contributed by atoms with van der Waals surface area (Å²) in [5.41, 5.74) is 0. The number of halogens is 1. The van der Waals surface area contributed by atoms with Gasteiger partial charge in [-0.05, 0) is 28.3 Å². The van der Waals surface area contributed by atoms with Crippen LogP contribution in [0.15, 0.2) is 10.8 Å². The lowest BCUT2D eigenvalue weighted by Gasteiger charge is -2.10. The van der Waals surface area contributed by atoms with E-state index in [0.717, 1.165) is 29.1 Å². The largest absolute Gasteiger partial charge is 0.372 e. The third-order valence-electron chi connectivity index (χ3n) is 2.04. The smallest absolute Gasteiger partial charge is 0.145 e. The molecule has 1 heterocycles. The molecule has 0 atom stereocenters. The molecule has 0 unspecified atom stereocenters. The second-order valence-corrected chi connectivity index (χ2v) is 4.54. The monoisotopic (exact) mass is 272 g/mol. The molecule has 0 aromatic carbocycles. The minimum Gasteiger partial charge on any atom is -0.372 e. The molecule has 1 aromatic rings. The molecule has 0 radical (unpaired) electrons. The molecule has 0 spiro atoms. The van der Waals surface area contributed by atoms with E-state index in [2.05, 4.69) is 50.4 Å². The molecule has 5 heteroatoms. The van der Waals surface area contributed by atoms with Gasteiger partial charge in [-0.1, -0.05) is 13.8 Å². The third kappa shape index (κ3) is 3.66. The Morgan fingerprint density at radius 2 is 2.00 bits per heavy atom. The van der Waals surface area contributed by atoms with E-state index in [1.54, 1.807) is 6.33 Å². The first-order chi connectivity index (χ1) is 7.15. The maximum atomic E-state index is 4.17. The summed E-state index contributed by atoms with van der Waals surface area (Å²) in [6.45, 7) is 5.34. The highest BCUT2D eigenvalue weighted by atomic mass is 79.9. The van der Waals surface area contributed by atoms with E-state index in [0.29, 0.717) is 5.92 Å². The Kier molecular flexibility index (Phi) is 4.81. The van der Waals surface area contributed by atoms with Crippen molar-refractivity contribution >= 4 is 27.6 Å². The maximum absolute atomic E-state index is 4.17. The normalized spacial score (nSPS) is 10.5. The number of hydrogen-bond acceptors (Lipinski definition) is 4. The standard InChI is InChI=1S/C10H17BrN4/c1-7(2)4-5-13-10-8(11)9(12-3)14-6-15-10/h6-7H,4-5H2,1-3H3,(H2,12,13,14,15). The average Bonchev–Trinajstić information content (AvgIpc) is 2.20. The number of nitrogens with one attached hydrogen (secondary N) is 2. The van der Waals surface area contributed by atoms with Crippen LogP contribution in [0.1, 0.15) is 20.3 Å². The van der Waals surface area contributed by atoms with Gasteiger partial charge in [0.1, 0.15) is 22.4 Å². The molecular formula is C10H17BrN4. The van der Waals surface area contributed by atoms with Gasteiger partial charge in [-0.15, -0.1) is 0 Å². The zero-order valence-corrected chi connectivity index (χ0v) is 10.9. The summed E-state index contributed by atoms with van der Waals surface area (Å²) in [4.78, 5) is 8.27. The number of aromatic nitrogens is 2. The second kappa shape index (κ2) is 5.90. The minimum atomic E-state index is 0.696. The van der Waals surface area contributed by atoms with Crippen LogP contribution in [-0.2, 0) is 0 Å². The summed E-state index contributed by atoms with van der Waals surface area (Å²) in [5, 5.41) is 6.28. The van der Waals surface area contributed by atoms with Gasteiger partial charge >= 0.3 is 0 Å². The van der Waals surface area contributed by atoms with E-state index >= 15 is 0 Å². The van der Waals surface area contributed by atoms with Crippen LogP contribution in [0.3, 0.4) is 0 Å². The van der Waals surface area contributed by atoms with Crippen molar-refractivity contribution in [1.29, 1.82) is 0 Å². The predicted octanol–water partition coefficient (Wildman–Crippen LogP) is 2.74. The molecule has 1 rings (SSSR count). The Hall–Kier alpha value is -0.840. The molecule has 0 saturated carbocycles. The Balaban J connectivity index is 2.61. The van der Waals surface area contributed by atoms with E-state index in [-0.39, 0.29) is 0 Å². The highest BCUT2D eigenvalue weighted by molar-refractivity contribution is 9.10. The molecule has 0 amide bonds. The number of rotatable bonds is 5. The van der Waals surface area contributed by atoms with Crippen LogP contribution in [0.25, 0.3) is 0 Å². The first-order valence-corrected chi connectivity index (χ1v) is 5.86. The van der Waals surface area contributed by atoms with Crippen LogP contribution in [0, 0.1) is 5.92 Å². The quantitative estimate of drug-likeness (QED) is 0.866. The molecule has 0 bridgehead atoms. The van der Waals surface area contributed by atoms with Crippen LogP contribution in [-0.4, -0.2) is 23.6 Å². The Morgan fingerprint density at radius 1 is 1.33 bits per heavy atom. The van der Waals surface area contributed by atoms with Crippen LogP contribution in [0.4, 0.5) is 11.6 Å². The zero-order valence-electron chi connectivity index (χ0n) is 9.34. The summed E-state index contributed by atoms with van der Waals surface area (Å²) < 4.78 is 0.885. The molecule has 84 valence electrons. The van der Waals surface area contributed by atoms with Crippen LogP contribution in [0.2, 0.25) is 0 Å². The molecule has 0 saturated heterocycles. The fraction of sp³-hybridized carbons (Fsp3) is 0.600. The molecule has 0 aliphatic carbocycles. The van der Waals surface area contributed by atoms with Crippen molar-refractivity contribution in [1.82, 2.24) is 9.97 Å². The van der Waals surface area contributed by atoms with E-state index in [9.17, 15) is 0 Å². The first-order valence-electron chi connectivity index (χ1n) is 5.07. The van der Waals surface area contributed by atoms with Crippen molar-refractivity contribution in [2.75, 3.05) is 24.2 Å². The first kappa shape index (κ1) is 12.2. The Bertz CT molecular complexity index is 314. The number of anilines is 2. The molecule has 1 aromatic heterocycles. The van der Waals surface area contributed by atoms with Crippen LogP contribution in [0.5, 0.6) is 0 Å². The fourth-order valence-corrected chi connectivity index (χ4v) is 1.69. The van der Waals surface area contributed by atoms with Crippen molar-refractivity contribution in [2.24, 2.45) is 5.92 Å². The molecule has 4 nitrogen and oxygen atoms in total. The van der Waals surface area contributed by atoms with E-state index < -0.39 is 0 Å². The second-order valence-electron chi connectivity index (χ2n) is 3.74. The third-order valence-corrected chi connectivity index (χ3v) is 2.79. The highest BCUT2D eigenvalue weighted by Crippen LogP contribution is 2.25. The predicted molar refractivity (Wildman–Crippen MR) is 67.2 cm³/mol. The molecule has 0 fully saturated rings. The number of nitrogens with zero attached hydrogens (tertiary/aromatic N) is 2. The van der Waals surface area contributed by atoms with Gasteiger partial charge in [0.25, 0.3) is 0 Å². The maximum Gasteiger partial charge on any atom is 0.145 e. The van der Waals surface area contributed by atoms with Crippen molar-refractivity contribution in [3.8, 4) is 0 Å². The van der Waals surface area contributed by atoms with Crippen LogP contribution >= 0.6 is 15.9 Å². The minimum absolute atomic E-state index is 0.696. The molecule has 2 N–H and O–H groups in total. The van der Waals surface area contributed by atoms with Gasteiger partial charge < -0.3 is 10.6 Å². The van der Waals surface area contributed by atoms with Crippen molar-refractivity contribution in [2.45, 2.75) is 20.3 Å². The van der Waals surface area contributed by atoms with Crippen molar-refractivity contribution < 1.29 is 0 Å². The fourth-order valence-electron chi connectivity index (χ4n) is 1.15. The Morgan fingerprint density at radius 3 is 2.60 bits per heavy atom. The lowest BCUT2D eigenvalue weighted by Crippen LogP contribution is -2.08. The van der Waals surface area contributed by atoms with E-state index in [4.69, 9.17) is 0 Å². The van der Waals surface area contributed by atoms with Gasteiger partial charge in [0.15, 0.2) is 0 Å².